The van der Waals surface area contributed by atoms with Gasteiger partial charge >= 0.3 is 0 Å². The van der Waals surface area contributed by atoms with Gasteiger partial charge in [-0.2, -0.15) is 5.10 Å². The second-order valence-electron chi connectivity index (χ2n) is 4.33. The van der Waals surface area contributed by atoms with E-state index in [0.29, 0.717) is 6.54 Å². The third-order valence-corrected chi connectivity index (χ3v) is 2.82. The first-order valence-corrected chi connectivity index (χ1v) is 5.59. The molecule has 0 saturated heterocycles. The van der Waals surface area contributed by atoms with E-state index < -0.39 is 0 Å². The number of aryl methyl sites for hydroxylation is 1. The van der Waals surface area contributed by atoms with E-state index >= 15 is 0 Å². The predicted molar refractivity (Wildman–Crippen MR) is 65.1 cm³/mol. The van der Waals surface area contributed by atoms with Gasteiger partial charge in [0.15, 0.2) is 0 Å². The van der Waals surface area contributed by atoms with E-state index in [1.807, 2.05) is 20.0 Å². The molecule has 0 aliphatic rings. The number of aromatic nitrogens is 2. The van der Waals surface area contributed by atoms with Gasteiger partial charge in [-0.3, -0.25) is 4.68 Å². The second kappa shape index (κ2) is 4.67. The molecule has 0 aliphatic heterocycles. The van der Waals surface area contributed by atoms with Crippen LogP contribution in [0.5, 0.6) is 0 Å². The molecule has 0 bridgehead atoms. The standard InChI is InChI=1S/C13H16FN3/c1-9-3-4-13(14)5-11(9)7-17-8-12(6-16-17)10(2)15/h3-6,8,10H,7,15H2,1-2H3. The summed E-state index contributed by atoms with van der Waals surface area (Å²) in [5.74, 6) is -0.217. The maximum atomic E-state index is 13.1. The normalized spacial score (nSPS) is 12.7. The highest BCUT2D eigenvalue weighted by atomic mass is 19.1. The van der Waals surface area contributed by atoms with E-state index in [4.69, 9.17) is 5.73 Å². The first-order valence-electron chi connectivity index (χ1n) is 5.59. The van der Waals surface area contributed by atoms with E-state index in [-0.39, 0.29) is 11.9 Å². The van der Waals surface area contributed by atoms with Gasteiger partial charge in [-0.05, 0) is 37.1 Å². The Morgan fingerprint density at radius 2 is 2.24 bits per heavy atom. The molecule has 1 unspecified atom stereocenters. The van der Waals surface area contributed by atoms with Crippen LogP contribution in [0, 0.1) is 12.7 Å². The Hall–Kier alpha value is -1.68. The van der Waals surface area contributed by atoms with Crippen molar-refractivity contribution < 1.29 is 4.39 Å². The van der Waals surface area contributed by atoms with Crippen molar-refractivity contribution in [2.45, 2.75) is 26.4 Å². The van der Waals surface area contributed by atoms with Crippen LogP contribution in [-0.4, -0.2) is 9.78 Å². The summed E-state index contributed by atoms with van der Waals surface area (Å²) in [4.78, 5) is 0. The van der Waals surface area contributed by atoms with Crippen molar-refractivity contribution in [1.29, 1.82) is 0 Å². The number of hydrogen-bond acceptors (Lipinski definition) is 2. The SMILES string of the molecule is Cc1ccc(F)cc1Cn1cc(C(C)N)cn1. The molecule has 0 aliphatic carbocycles. The van der Waals surface area contributed by atoms with Crippen molar-refractivity contribution in [2.75, 3.05) is 0 Å². The Labute approximate surface area is 100 Å². The van der Waals surface area contributed by atoms with Gasteiger partial charge < -0.3 is 5.73 Å². The Morgan fingerprint density at radius 1 is 1.47 bits per heavy atom. The average molecular weight is 233 g/mol. The summed E-state index contributed by atoms with van der Waals surface area (Å²) in [6.07, 6.45) is 3.65. The Morgan fingerprint density at radius 3 is 2.88 bits per heavy atom. The first kappa shape index (κ1) is 11.8. The van der Waals surface area contributed by atoms with Crippen molar-refractivity contribution in [1.82, 2.24) is 9.78 Å². The highest BCUT2D eigenvalue weighted by Crippen LogP contribution is 2.13. The van der Waals surface area contributed by atoms with Gasteiger partial charge in [0.25, 0.3) is 0 Å². The quantitative estimate of drug-likeness (QED) is 0.884. The highest BCUT2D eigenvalue weighted by molar-refractivity contribution is 5.26. The van der Waals surface area contributed by atoms with Crippen LogP contribution in [0.1, 0.15) is 29.7 Å². The van der Waals surface area contributed by atoms with Gasteiger partial charge in [-0.25, -0.2) is 4.39 Å². The van der Waals surface area contributed by atoms with E-state index in [2.05, 4.69) is 5.10 Å². The van der Waals surface area contributed by atoms with Crippen molar-refractivity contribution in [3.8, 4) is 0 Å². The van der Waals surface area contributed by atoms with Crippen molar-refractivity contribution >= 4 is 0 Å². The van der Waals surface area contributed by atoms with E-state index in [9.17, 15) is 4.39 Å². The maximum absolute atomic E-state index is 13.1. The second-order valence-corrected chi connectivity index (χ2v) is 4.33. The fourth-order valence-electron chi connectivity index (χ4n) is 1.69. The molecule has 1 heterocycles. The highest BCUT2D eigenvalue weighted by Gasteiger charge is 2.05. The zero-order valence-electron chi connectivity index (χ0n) is 10.0. The van der Waals surface area contributed by atoms with Crippen LogP contribution in [0.2, 0.25) is 0 Å². The molecular formula is C13H16FN3. The Balaban J connectivity index is 2.22. The molecule has 2 rings (SSSR count). The molecule has 0 spiro atoms. The molecule has 0 radical (unpaired) electrons. The Kier molecular flexibility index (Phi) is 3.24. The minimum absolute atomic E-state index is 0.0302. The van der Waals surface area contributed by atoms with Gasteiger partial charge in [0.2, 0.25) is 0 Å². The van der Waals surface area contributed by atoms with Crippen molar-refractivity contribution in [2.24, 2.45) is 5.73 Å². The van der Waals surface area contributed by atoms with Gasteiger partial charge in [-0.1, -0.05) is 6.07 Å². The number of benzene rings is 1. The van der Waals surface area contributed by atoms with E-state index in [0.717, 1.165) is 16.7 Å². The molecule has 17 heavy (non-hydrogen) atoms. The third kappa shape index (κ3) is 2.71. The van der Waals surface area contributed by atoms with Gasteiger partial charge in [0.1, 0.15) is 5.82 Å². The lowest BCUT2D eigenvalue weighted by Crippen LogP contribution is -2.04. The summed E-state index contributed by atoms with van der Waals surface area (Å²) in [5.41, 5.74) is 8.74. The largest absolute Gasteiger partial charge is 0.324 e. The number of halogens is 1. The van der Waals surface area contributed by atoms with Crippen molar-refractivity contribution in [3.63, 3.8) is 0 Å². The van der Waals surface area contributed by atoms with Crippen LogP contribution >= 0.6 is 0 Å². The summed E-state index contributed by atoms with van der Waals surface area (Å²) in [7, 11) is 0. The third-order valence-electron chi connectivity index (χ3n) is 2.82. The summed E-state index contributed by atoms with van der Waals surface area (Å²) in [6.45, 7) is 4.44. The smallest absolute Gasteiger partial charge is 0.123 e. The lowest BCUT2D eigenvalue weighted by Gasteiger charge is -2.06. The summed E-state index contributed by atoms with van der Waals surface area (Å²) >= 11 is 0. The molecule has 90 valence electrons. The summed E-state index contributed by atoms with van der Waals surface area (Å²) < 4.78 is 14.9. The van der Waals surface area contributed by atoms with Crippen LogP contribution in [0.3, 0.4) is 0 Å². The molecule has 0 amide bonds. The fourth-order valence-corrected chi connectivity index (χ4v) is 1.69. The molecular weight excluding hydrogens is 217 g/mol. The summed E-state index contributed by atoms with van der Waals surface area (Å²) in [5, 5.41) is 4.22. The van der Waals surface area contributed by atoms with Gasteiger partial charge in [-0.15, -0.1) is 0 Å². The molecule has 3 nitrogen and oxygen atoms in total. The minimum Gasteiger partial charge on any atom is -0.324 e. The first-order chi connectivity index (χ1) is 8.06. The fraction of sp³-hybridized carbons (Fsp3) is 0.308. The average Bonchev–Trinajstić information content (AvgIpc) is 2.72. The van der Waals surface area contributed by atoms with Crippen LogP contribution < -0.4 is 5.73 Å². The molecule has 2 N–H and O–H groups in total. The molecule has 4 heteroatoms. The predicted octanol–water partition coefficient (Wildman–Crippen LogP) is 2.40. The molecule has 0 fully saturated rings. The van der Waals surface area contributed by atoms with E-state index in [1.165, 1.54) is 6.07 Å². The number of hydrogen-bond donors (Lipinski definition) is 1. The molecule has 0 saturated carbocycles. The van der Waals surface area contributed by atoms with Crippen LogP contribution in [-0.2, 0) is 6.54 Å². The van der Waals surface area contributed by atoms with E-state index in [1.54, 1.807) is 23.0 Å². The topological polar surface area (TPSA) is 43.8 Å². The number of rotatable bonds is 3. The zero-order chi connectivity index (χ0) is 12.4. The molecule has 1 aromatic carbocycles. The van der Waals surface area contributed by atoms with Crippen LogP contribution in [0.15, 0.2) is 30.6 Å². The Bertz CT molecular complexity index is 517. The molecule has 1 atom stereocenters. The van der Waals surface area contributed by atoms with Crippen LogP contribution in [0.4, 0.5) is 4.39 Å². The molecule has 2 aromatic rings. The zero-order valence-corrected chi connectivity index (χ0v) is 10.0. The summed E-state index contributed by atoms with van der Waals surface area (Å²) in [6, 6.07) is 4.76. The number of nitrogens with two attached hydrogens (primary N) is 1. The minimum atomic E-state index is -0.217. The number of nitrogens with zero attached hydrogens (tertiary/aromatic N) is 2. The van der Waals surface area contributed by atoms with Gasteiger partial charge in [0, 0.05) is 17.8 Å². The monoisotopic (exact) mass is 233 g/mol. The maximum Gasteiger partial charge on any atom is 0.123 e. The molecule has 1 aromatic heterocycles. The van der Waals surface area contributed by atoms with Crippen molar-refractivity contribution in [3.05, 3.63) is 53.1 Å². The lowest BCUT2D eigenvalue weighted by molar-refractivity contribution is 0.617. The van der Waals surface area contributed by atoms with Crippen LogP contribution in [0.25, 0.3) is 0 Å². The lowest BCUT2D eigenvalue weighted by atomic mass is 10.1. The van der Waals surface area contributed by atoms with Gasteiger partial charge in [0.05, 0.1) is 12.7 Å².